The number of thiazole rings is 1. The van der Waals surface area contributed by atoms with E-state index in [0.29, 0.717) is 6.54 Å². The Balaban J connectivity index is 2.25. The first kappa shape index (κ1) is 15.4. The van der Waals surface area contributed by atoms with Gasteiger partial charge in [-0.25, -0.2) is 9.78 Å². The van der Waals surface area contributed by atoms with E-state index in [4.69, 9.17) is 9.84 Å². The van der Waals surface area contributed by atoms with Crippen LogP contribution in [0.5, 0.6) is 0 Å². The van der Waals surface area contributed by atoms with Crippen molar-refractivity contribution < 1.29 is 19.4 Å². The minimum Gasteiger partial charge on any atom is -0.481 e. The van der Waals surface area contributed by atoms with Crippen molar-refractivity contribution in [2.24, 2.45) is 0 Å². The molecule has 0 saturated carbocycles. The number of carboxylic acid groups (broad SMARTS) is 1. The minimum atomic E-state index is -0.965. The van der Waals surface area contributed by atoms with Crippen LogP contribution in [0.2, 0.25) is 0 Å². The zero-order valence-electron chi connectivity index (χ0n) is 10.8. The van der Waals surface area contributed by atoms with E-state index in [-0.39, 0.29) is 19.0 Å². The molecule has 2 amide bonds. The van der Waals surface area contributed by atoms with Gasteiger partial charge in [0.2, 0.25) is 0 Å². The number of urea groups is 1. The van der Waals surface area contributed by atoms with Gasteiger partial charge in [-0.3, -0.25) is 4.79 Å². The topological polar surface area (TPSA) is 101 Å². The Morgan fingerprint density at radius 3 is 2.79 bits per heavy atom. The van der Waals surface area contributed by atoms with E-state index in [9.17, 15) is 9.59 Å². The van der Waals surface area contributed by atoms with Crippen molar-refractivity contribution in [1.29, 1.82) is 0 Å². The number of nitrogens with one attached hydrogen (secondary N) is 2. The highest BCUT2D eigenvalue weighted by Crippen LogP contribution is 2.10. The normalized spacial score (nSPS) is 11.9. The molecule has 3 N–H and O–H groups in total. The van der Waals surface area contributed by atoms with Crippen LogP contribution in [0.3, 0.4) is 0 Å². The molecule has 0 saturated heterocycles. The van der Waals surface area contributed by atoms with Gasteiger partial charge < -0.3 is 20.5 Å². The summed E-state index contributed by atoms with van der Waals surface area (Å²) in [6.45, 7) is 2.43. The van der Waals surface area contributed by atoms with Crippen LogP contribution in [0.15, 0.2) is 6.20 Å². The zero-order chi connectivity index (χ0) is 14.3. The van der Waals surface area contributed by atoms with Crippen molar-refractivity contribution in [3.05, 3.63) is 16.1 Å². The maximum absolute atomic E-state index is 11.5. The number of aryl methyl sites for hydroxylation is 1. The van der Waals surface area contributed by atoms with Gasteiger partial charge >= 0.3 is 12.0 Å². The van der Waals surface area contributed by atoms with Crippen molar-refractivity contribution in [3.63, 3.8) is 0 Å². The summed E-state index contributed by atoms with van der Waals surface area (Å²) in [4.78, 5) is 27.2. The largest absolute Gasteiger partial charge is 0.481 e. The van der Waals surface area contributed by atoms with Crippen molar-refractivity contribution >= 4 is 23.3 Å². The molecule has 1 aromatic heterocycles. The Labute approximate surface area is 115 Å². The number of nitrogens with zero attached hydrogens (tertiary/aromatic N) is 1. The fourth-order valence-electron chi connectivity index (χ4n) is 1.34. The third kappa shape index (κ3) is 6.16. The lowest BCUT2D eigenvalue weighted by Crippen LogP contribution is -2.40. The lowest BCUT2D eigenvalue weighted by atomic mass is 10.2. The maximum atomic E-state index is 11.5. The molecule has 1 rings (SSSR count). The molecule has 1 unspecified atom stereocenters. The summed E-state index contributed by atoms with van der Waals surface area (Å²) in [5.41, 5.74) is 0. The summed E-state index contributed by atoms with van der Waals surface area (Å²) < 4.78 is 4.94. The number of ether oxygens (including phenoxy) is 1. The third-order valence-corrected chi connectivity index (χ3v) is 3.21. The standard InChI is InChI=1S/C11H17N3O4S/c1-7-4-12-9(19-7)6-14-11(17)13-5-8(18-2)3-10(15)16/h4,8H,3,5-6H2,1-2H3,(H,15,16)(H2,13,14,17). The van der Waals surface area contributed by atoms with E-state index in [1.54, 1.807) is 6.20 Å². The molecule has 0 spiro atoms. The molecule has 19 heavy (non-hydrogen) atoms. The number of rotatable bonds is 7. The Bertz CT molecular complexity index is 435. The van der Waals surface area contributed by atoms with E-state index >= 15 is 0 Å². The van der Waals surface area contributed by atoms with E-state index in [2.05, 4.69) is 15.6 Å². The molecule has 1 atom stereocenters. The summed E-state index contributed by atoms with van der Waals surface area (Å²) in [6.07, 6.45) is 1.06. The highest BCUT2D eigenvalue weighted by Gasteiger charge is 2.13. The fraction of sp³-hybridized carbons (Fsp3) is 0.545. The molecule has 1 heterocycles. The fourth-order valence-corrected chi connectivity index (χ4v) is 2.07. The Morgan fingerprint density at radius 1 is 1.53 bits per heavy atom. The van der Waals surface area contributed by atoms with Crippen LogP contribution in [0.4, 0.5) is 4.79 Å². The first-order valence-corrected chi connectivity index (χ1v) is 6.50. The van der Waals surface area contributed by atoms with Gasteiger partial charge in [0, 0.05) is 24.7 Å². The van der Waals surface area contributed by atoms with Gasteiger partial charge in [-0.2, -0.15) is 0 Å². The number of aliphatic carboxylic acids is 1. The molecule has 1 aromatic rings. The van der Waals surface area contributed by atoms with Crippen molar-refractivity contribution in [2.45, 2.75) is 26.0 Å². The zero-order valence-corrected chi connectivity index (χ0v) is 11.6. The van der Waals surface area contributed by atoms with Gasteiger partial charge in [0.05, 0.1) is 19.1 Å². The number of aromatic nitrogens is 1. The number of hydrogen-bond acceptors (Lipinski definition) is 5. The Morgan fingerprint density at radius 2 is 2.26 bits per heavy atom. The van der Waals surface area contributed by atoms with Crippen molar-refractivity contribution in [2.75, 3.05) is 13.7 Å². The Hall–Kier alpha value is -1.67. The van der Waals surface area contributed by atoms with E-state index < -0.39 is 12.1 Å². The summed E-state index contributed by atoms with van der Waals surface area (Å²) in [5.74, 6) is -0.965. The first-order chi connectivity index (χ1) is 9.01. The SMILES string of the molecule is COC(CNC(=O)NCc1ncc(C)s1)CC(=O)O. The van der Waals surface area contributed by atoms with Crippen LogP contribution in [0, 0.1) is 6.92 Å². The number of carbonyl (C=O) groups excluding carboxylic acids is 1. The monoisotopic (exact) mass is 287 g/mol. The summed E-state index contributed by atoms with van der Waals surface area (Å²) in [6, 6.07) is -0.375. The summed E-state index contributed by atoms with van der Waals surface area (Å²) >= 11 is 1.51. The van der Waals surface area contributed by atoms with Gasteiger partial charge in [-0.15, -0.1) is 11.3 Å². The van der Waals surface area contributed by atoms with E-state index in [1.165, 1.54) is 18.4 Å². The lowest BCUT2D eigenvalue weighted by Gasteiger charge is -2.14. The third-order valence-electron chi connectivity index (χ3n) is 2.30. The minimum absolute atomic E-state index is 0.144. The van der Waals surface area contributed by atoms with Gasteiger partial charge in [0.15, 0.2) is 0 Å². The van der Waals surface area contributed by atoms with E-state index in [0.717, 1.165) is 9.88 Å². The second-order valence-corrected chi connectivity index (χ2v) is 5.20. The number of amides is 2. The molecule has 0 aliphatic carbocycles. The highest BCUT2D eigenvalue weighted by molar-refractivity contribution is 7.11. The first-order valence-electron chi connectivity index (χ1n) is 5.69. The molecule has 8 heteroatoms. The maximum Gasteiger partial charge on any atom is 0.315 e. The molecule has 0 fully saturated rings. The number of carbonyl (C=O) groups is 2. The summed E-state index contributed by atoms with van der Waals surface area (Å²) in [5, 5.41) is 14.6. The Kier molecular flexibility index (Phi) is 6.23. The van der Waals surface area contributed by atoms with Crippen LogP contribution in [0.25, 0.3) is 0 Å². The molecule has 0 aliphatic heterocycles. The van der Waals surface area contributed by atoms with Gasteiger partial charge in [0.25, 0.3) is 0 Å². The predicted octanol–water partition coefficient (Wildman–Crippen LogP) is 0.740. The van der Waals surface area contributed by atoms with E-state index in [1.807, 2.05) is 6.92 Å². The second-order valence-electron chi connectivity index (χ2n) is 3.88. The van der Waals surface area contributed by atoms with Gasteiger partial charge in [0.1, 0.15) is 5.01 Å². The summed E-state index contributed by atoms with van der Waals surface area (Å²) in [7, 11) is 1.41. The predicted molar refractivity (Wildman–Crippen MR) is 70.1 cm³/mol. The molecule has 0 aromatic carbocycles. The molecule has 0 bridgehead atoms. The lowest BCUT2D eigenvalue weighted by molar-refractivity contribution is -0.139. The van der Waals surface area contributed by atoms with Crippen LogP contribution in [-0.2, 0) is 16.1 Å². The van der Waals surface area contributed by atoms with Crippen LogP contribution >= 0.6 is 11.3 Å². The molecule has 0 aliphatic rings. The molecular formula is C11H17N3O4S. The molecule has 106 valence electrons. The molecule has 0 radical (unpaired) electrons. The average molecular weight is 287 g/mol. The van der Waals surface area contributed by atoms with Crippen molar-refractivity contribution in [1.82, 2.24) is 15.6 Å². The van der Waals surface area contributed by atoms with Crippen LogP contribution in [0.1, 0.15) is 16.3 Å². The molecular weight excluding hydrogens is 270 g/mol. The number of hydrogen-bond donors (Lipinski definition) is 3. The van der Waals surface area contributed by atoms with Crippen LogP contribution in [-0.4, -0.2) is 41.8 Å². The van der Waals surface area contributed by atoms with Gasteiger partial charge in [-0.05, 0) is 6.92 Å². The van der Waals surface area contributed by atoms with Crippen LogP contribution < -0.4 is 10.6 Å². The number of methoxy groups -OCH3 is 1. The average Bonchev–Trinajstić information content (AvgIpc) is 2.77. The smallest absolute Gasteiger partial charge is 0.315 e. The highest BCUT2D eigenvalue weighted by atomic mass is 32.1. The number of carboxylic acids is 1. The van der Waals surface area contributed by atoms with Gasteiger partial charge in [-0.1, -0.05) is 0 Å². The van der Waals surface area contributed by atoms with Crippen molar-refractivity contribution in [3.8, 4) is 0 Å². The molecule has 7 nitrogen and oxygen atoms in total. The quantitative estimate of drug-likeness (QED) is 0.686. The second kappa shape index (κ2) is 7.70.